The van der Waals surface area contributed by atoms with Gasteiger partial charge in [-0.25, -0.2) is 18.2 Å². The average Bonchev–Trinajstić information content (AvgIpc) is 2.06. The van der Waals surface area contributed by atoms with Crippen molar-refractivity contribution in [2.24, 2.45) is 0 Å². The molecule has 0 saturated heterocycles. The lowest BCUT2D eigenvalue weighted by atomic mass is 10.2. The molecule has 0 saturated carbocycles. The van der Waals surface area contributed by atoms with Crippen molar-refractivity contribution in [3.63, 3.8) is 0 Å². The summed E-state index contributed by atoms with van der Waals surface area (Å²) < 4.78 is 73.1. The first kappa shape index (κ1) is 12.5. The molecular formula is C7H2F6IN. The fourth-order valence-corrected chi connectivity index (χ4v) is 1.29. The summed E-state index contributed by atoms with van der Waals surface area (Å²) in [5, 5.41) is 0. The summed E-state index contributed by atoms with van der Waals surface area (Å²) in [6, 6.07) is 0.0241. The van der Waals surface area contributed by atoms with Crippen LogP contribution in [0.15, 0.2) is 6.07 Å². The SMILES string of the molecule is Fc1cc(C(F)(F)F)c(C(F)F)nc1I. The Balaban J connectivity index is 3.42. The molecule has 0 aromatic carbocycles. The number of aromatic nitrogens is 1. The highest BCUT2D eigenvalue weighted by Gasteiger charge is 2.37. The molecule has 15 heavy (non-hydrogen) atoms. The Bertz CT molecular complexity index is 374. The summed E-state index contributed by atoms with van der Waals surface area (Å²) >= 11 is 1.24. The van der Waals surface area contributed by atoms with E-state index in [0.29, 0.717) is 0 Å². The van der Waals surface area contributed by atoms with Gasteiger partial charge in [0.1, 0.15) is 9.39 Å². The highest BCUT2D eigenvalue weighted by molar-refractivity contribution is 14.1. The van der Waals surface area contributed by atoms with E-state index in [1.165, 1.54) is 22.6 Å². The maximum atomic E-state index is 12.7. The van der Waals surface area contributed by atoms with Crippen molar-refractivity contribution < 1.29 is 26.3 Å². The Morgan fingerprint density at radius 1 is 1.27 bits per heavy atom. The largest absolute Gasteiger partial charge is 0.418 e. The van der Waals surface area contributed by atoms with E-state index in [1.54, 1.807) is 0 Å². The lowest BCUT2D eigenvalue weighted by Gasteiger charge is -2.11. The monoisotopic (exact) mass is 341 g/mol. The first-order chi connectivity index (χ1) is 6.73. The topological polar surface area (TPSA) is 12.9 Å². The van der Waals surface area contributed by atoms with Crippen molar-refractivity contribution in [1.82, 2.24) is 4.98 Å². The van der Waals surface area contributed by atoms with E-state index in [2.05, 4.69) is 4.98 Å². The molecule has 0 amide bonds. The first-order valence-corrected chi connectivity index (χ1v) is 4.52. The molecule has 0 spiro atoms. The Labute approximate surface area is 93.6 Å². The second-order valence-electron chi connectivity index (χ2n) is 2.49. The fraction of sp³-hybridized carbons (Fsp3) is 0.286. The lowest BCUT2D eigenvalue weighted by Crippen LogP contribution is -2.13. The van der Waals surface area contributed by atoms with E-state index in [4.69, 9.17) is 0 Å². The van der Waals surface area contributed by atoms with Crippen LogP contribution in [-0.4, -0.2) is 4.98 Å². The van der Waals surface area contributed by atoms with Gasteiger partial charge in [-0.2, -0.15) is 13.2 Å². The second kappa shape index (κ2) is 4.14. The molecule has 8 heteroatoms. The number of pyridine rings is 1. The molecule has 0 bridgehead atoms. The maximum Gasteiger partial charge on any atom is 0.418 e. The molecular weight excluding hydrogens is 339 g/mol. The summed E-state index contributed by atoms with van der Waals surface area (Å²) in [5.74, 6) is -1.27. The van der Waals surface area contributed by atoms with E-state index in [9.17, 15) is 26.3 Å². The van der Waals surface area contributed by atoms with Crippen LogP contribution in [0.2, 0.25) is 0 Å². The van der Waals surface area contributed by atoms with Crippen molar-refractivity contribution in [1.29, 1.82) is 0 Å². The van der Waals surface area contributed by atoms with Crippen LogP contribution in [-0.2, 0) is 6.18 Å². The predicted molar refractivity (Wildman–Crippen MR) is 46.9 cm³/mol. The third kappa shape index (κ3) is 2.73. The number of rotatable bonds is 1. The fourth-order valence-electron chi connectivity index (χ4n) is 0.873. The summed E-state index contributed by atoms with van der Waals surface area (Å²) in [6.07, 6.45) is -8.43. The molecule has 0 unspecified atom stereocenters. The summed E-state index contributed by atoms with van der Waals surface area (Å²) in [4.78, 5) is 2.88. The van der Waals surface area contributed by atoms with Gasteiger partial charge in [-0.1, -0.05) is 0 Å². The molecule has 0 aliphatic carbocycles. The van der Waals surface area contributed by atoms with Gasteiger partial charge in [0, 0.05) is 0 Å². The standard InChI is InChI=1S/C7H2F6IN/c8-3-1-2(7(11,12)13)4(5(9)10)15-6(3)14/h1,5H. The van der Waals surface area contributed by atoms with Crippen LogP contribution in [0, 0.1) is 9.52 Å². The molecule has 0 aliphatic rings. The summed E-state index contributed by atoms with van der Waals surface area (Å²) in [5.41, 5.74) is -3.19. The van der Waals surface area contributed by atoms with Crippen LogP contribution < -0.4 is 0 Å². The van der Waals surface area contributed by atoms with E-state index in [-0.39, 0.29) is 6.07 Å². The average molecular weight is 341 g/mol. The van der Waals surface area contributed by atoms with E-state index in [1.807, 2.05) is 0 Å². The van der Waals surface area contributed by atoms with E-state index >= 15 is 0 Å². The van der Waals surface area contributed by atoms with Gasteiger partial charge in [0.2, 0.25) is 0 Å². The molecule has 0 N–H and O–H groups in total. The van der Waals surface area contributed by atoms with E-state index in [0.717, 1.165) is 0 Å². The quantitative estimate of drug-likeness (QED) is 0.430. The Morgan fingerprint density at radius 2 is 1.80 bits per heavy atom. The van der Waals surface area contributed by atoms with Crippen molar-refractivity contribution in [2.75, 3.05) is 0 Å². The number of hydrogen-bond donors (Lipinski definition) is 0. The van der Waals surface area contributed by atoms with Crippen LogP contribution in [0.25, 0.3) is 0 Å². The van der Waals surface area contributed by atoms with E-state index < -0.39 is 33.4 Å². The molecule has 0 fully saturated rings. The number of nitrogens with zero attached hydrogens (tertiary/aromatic N) is 1. The minimum Gasteiger partial charge on any atom is -0.237 e. The Hall–Kier alpha value is -0.540. The predicted octanol–water partition coefficient (Wildman–Crippen LogP) is 3.78. The zero-order valence-electron chi connectivity index (χ0n) is 6.75. The summed E-state index contributed by atoms with van der Waals surface area (Å²) in [7, 11) is 0. The second-order valence-corrected chi connectivity index (χ2v) is 3.51. The molecule has 1 aromatic heterocycles. The van der Waals surface area contributed by atoms with Gasteiger partial charge < -0.3 is 0 Å². The van der Waals surface area contributed by atoms with Crippen molar-refractivity contribution >= 4 is 22.6 Å². The van der Waals surface area contributed by atoms with Crippen LogP contribution in [0.4, 0.5) is 26.3 Å². The molecule has 0 aliphatic heterocycles. The van der Waals surface area contributed by atoms with Gasteiger partial charge in [-0.15, -0.1) is 0 Å². The third-order valence-corrected chi connectivity index (χ3v) is 2.23. The van der Waals surface area contributed by atoms with Gasteiger partial charge >= 0.3 is 6.18 Å². The normalized spacial score (nSPS) is 12.3. The maximum absolute atomic E-state index is 12.7. The molecule has 84 valence electrons. The zero-order valence-corrected chi connectivity index (χ0v) is 8.91. The van der Waals surface area contributed by atoms with Gasteiger partial charge in [0.25, 0.3) is 6.43 Å². The van der Waals surface area contributed by atoms with Crippen LogP contribution in [0.3, 0.4) is 0 Å². The highest BCUT2D eigenvalue weighted by atomic mass is 127. The molecule has 0 radical (unpaired) electrons. The number of hydrogen-bond acceptors (Lipinski definition) is 1. The molecule has 1 heterocycles. The van der Waals surface area contributed by atoms with Gasteiger partial charge in [0.05, 0.1) is 5.56 Å². The van der Waals surface area contributed by atoms with Gasteiger partial charge in [-0.05, 0) is 28.7 Å². The number of halogens is 7. The van der Waals surface area contributed by atoms with Crippen LogP contribution >= 0.6 is 22.6 Å². The Kier molecular flexibility index (Phi) is 3.46. The summed E-state index contributed by atoms with van der Waals surface area (Å²) in [6.45, 7) is 0. The van der Waals surface area contributed by atoms with Crippen LogP contribution in [0.1, 0.15) is 17.7 Å². The Morgan fingerprint density at radius 3 is 2.20 bits per heavy atom. The minimum atomic E-state index is -5.04. The lowest BCUT2D eigenvalue weighted by molar-refractivity contribution is -0.140. The molecule has 1 rings (SSSR count). The highest BCUT2D eigenvalue weighted by Crippen LogP contribution is 2.36. The number of alkyl halides is 5. The minimum absolute atomic E-state index is 0.0241. The van der Waals surface area contributed by atoms with Crippen LogP contribution in [0.5, 0.6) is 0 Å². The molecule has 1 nitrogen and oxygen atoms in total. The third-order valence-electron chi connectivity index (χ3n) is 1.47. The van der Waals surface area contributed by atoms with Crippen molar-refractivity contribution in [3.05, 3.63) is 26.8 Å². The smallest absolute Gasteiger partial charge is 0.237 e. The molecule has 1 aromatic rings. The van der Waals surface area contributed by atoms with Gasteiger partial charge in [-0.3, -0.25) is 0 Å². The van der Waals surface area contributed by atoms with Crippen molar-refractivity contribution in [3.8, 4) is 0 Å². The van der Waals surface area contributed by atoms with Gasteiger partial charge in [0.15, 0.2) is 5.82 Å². The zero-order chi connectivity index (χ0) is 11.8. The van der Waals surface area contributed by atoms with Crippen molar-refractivity contribution in [2.45, 2.75) is 12.6 Å². The first-order valence-electron chi connectivity index (χ1n) is 3.44. The molecule has 0 atom stereocenters.